The largest absolute Gasteiger partial charge is 0.225 e. The Bertz CT molecular complexity index is 147. The fourth-order valence-electron chi connectivity index (χ4n) is 1.08. The van der Waals surface area contributed by atoms with Crippen molar-refractivity contribution >= 4 is 17.7 Å². The van der Waals surface area contributed by atoms with Crippen LogP contribution in [-0.2, 0) is 0 Å². The summed E-state index contributed by atoms with van der Waals surface area (Å²) < 4.78 is 4.82. The molecular weight excluding hydrogens is 154 g/mol. The average molecular weight is 171 g/mol. The Kier molecular flexibility index (Phi) is 2.99. The lowest BCUT2D eigenvalue weighted by Gasteiger charge is -2.13. The van der Waals surface area contributed by atoms with Crippen molar-refractivity contribution < 1.29 is 0 Å². The topological polar surface area (TPSA) is 12.4 Å². The zero-order valence-electron chi connectivity index (χ0n) is 7.68. The van der Waals surface area contributed by atoms with Crippen LogP contribution in [0.2, 0.25) is 0 Å². The van der Waals surface area contributed by atoms with Gasteiger partial charge < -0.3 is 0 Å². The Morgan fingerprint density at radius 1 is 1.18 bits per heavy atom. The molecule has 0 aromatic carbocycles. The SMILES string of the molecule is CC(C)(C)SN=C1CCCC1. The minimum atomic E-state index is 0.287. The van der Waals surface area contributed by atoms with Gasteiger partial charge in [-0.1, -0.05) is 0 Å². The monoisotopic (exact) mass is 171 g/mol. The summed E-state index contributed by atoms with van der Waals surface area (Å²) in [6, 6.07) is 0. The van der Waals surface area contributed by atoms with Crippen molar-refractivity contribution in [2.45, 2.75) is 51.2 Å². The van der Waals surface area contributed by atoms with Crippen LogP contribution in [0.15, 0.2) is 4.40 Å². The molecule has 0 heterocycles. The molecule has 0 unspecified atom stereocenters. The molecule has 1 fully saturated rings. The summed E-state index contributed by atoms with van der Waals surface area (Å²) in [5, 5.41) is 0. The fraction of sp³-hybridized carbons (Fsp3) is 0.889. The van der Waals surface area contributed by atoms with E-state index in [1.165, 1.54) is 31.4 Å². The molecule has 0 saturated heterocycles. The van der Waals surface area contributed by atoms with Gasteiger partial charge in [-0.2, -0.15) is 0 Å². The molecule has 0 aromatic rings. The van der Waals surface area contributed by atoms with E-state index in [1.807, 2.05) is 0 Å². The standard InChI is InChI=1S/C9H17NS/c1-9(2,3)11-10-8-6-4-5-7-8/h4-7H2,1-3H3. The first-order valence-corrected chi connectivity index (χ1v) is 5.09. The molecule has 0 aromatic heterocycles. The molecule has 0 spiro atoms. The van der Waals surface area contributed by atoms with E-state index in [-0.39, 0.29) is 4.75 Å². The normalized spacial score (nSPS) is 19.0. The maximum atomic E-state index is 4.53. The molecule has 0 amide bonds. The third kappa shape index (κ3) is 3.80. The van der Waals surface area contributed by atoms with Gasteiger partial charge in [0.05, 0.1) is 0 Å². The molecule has 11 heavy (non-hydrogen) atoms. The lowest BCUT2D eigenvalue weighted by Crippen LogP contribution is -2.05. The van der Waals surface area contributed by atoms with Gasteiger partial charge in [0.25, 0.3) is 0 Å². The van der Waals surface area contributed by atoms with Crippen molar-refractivity contribution in [2.24, 2.45) is 4.40 Å². The average Bonchev–Trinajstić information content (AvgIpc) is 2.32. The molecule has 1 rings (SSSR count). The second kappa shape index (κ2) is 3.61. The third-order valence-electron chi connectivity index (χ3n) is 1.63. The molecule has 0 aliphatic heterocycles. The smallest absolute Gasteiger partial charge is 0.0294 e. The molecule has 1 aliphatic rings. The second-order valence-electron chi connectivity index (χ2n) is 4.07. The van der Waals surface area contributed by atoms with E-state index < -0.39 is 0 Å². The summed E-state index contributed by atoms with van der Waals surface area (Å²) in [6.07, 6.45) is 5.18. The fourth-order valence-corrected chi connectivity index (χ4v) is 1.66. The van der Waals surface area contributed by atoms with Gasteiger partial charge in [-0.3, -0.25) is 0 Å². The maximum absolute atomic E-state index is 4.53. The predicted molar refractivity (Wildman–Crippen MR) is 53.2 cm³/mol. The van der Waals surface area contributed by atoms with E-state index in [9.17, 15) is 0 Å². The van der Waals surface area contributed by atoms with Crippen LogP contribution in [-0.4, -0.2) is 10.5 Å². The molecule has 0 radical (unpaired) electrons. The van der Waals surface area contributed by atoms with Gasteiger partial charge in [-0.05, 0) is 58.4 Å². The molecule has 1 saturated carbocycles. The summed E-state index contributed by atoms with van der Waals surface area (Å²) in [5.74, 6) is 0. The molecule has 2 heteroatoms. The van der Waals surface area contributed by atoms with Crippen LogP contribution >= 0.6 is 11.9 Å². The first-order valence-electron chi connectivity index (χ1n) is 4.32. The lowest BCUT2D eigenvalue weighted by atomic mass is 10.3. The first kappa shape index (κ1) is 9.11. The molecule has 0 atom stereocenters. The van der Waals surface area contributed by atoms with E-state index in [0.29, 0.717) is 0 Å². The summed E-state index contributed by atoms with van der Waals surface area (Å²) in [7, 11) is 0. The summed E-state index contributed by atoms with van der Waals surface area (Å²) in [4.78, 5) is 0. The van der Waals surface area contributed by atoms with Gasteiger partial charge in [0, 0.05) is 10.5 Å². The molecule has 64 valence electrons. The van der Waals surface area contributed by atoms with Gasteiger partial charge >= 0.3 is 0 Å². The minimum absolute atomic E-state index is 0.287. The molecular formula is C9H17NS. The third-order valence-corrected chi connectivity index (χ3v) is 2.53. The van der Waals surface area contributed by atoms with E-state index in [1.54, 1.807) is 11.9 Å². The number of hydrogen-bond acceptors (Lipinski definition) is 2. The highest BCUT2D eigenvalue weighted by molar-refractivity contribution is 7.99. The highest BCUT2D eigenvalue weighted by atomic mass is 32.2. The Hall–Kier alpha value is 0.0200. The van der Waals surface area contributed by atoms with Gasteiger partial charge in [0.2, 0.25) is 0 Å². The first-order chi connectivity index (χ1) is 5.08. The summed E-state index contributed by atoms with van der Waals surface area (Å²) in [5.41, 5.74) is 1.42. The molecule has 0 bridgehead atoms. The van der Waals surface area contributed by atoms with E-state index >= 15 is 0 Å². The van der Waals surface area contributed by atoms with Crippen LogP contribution in [0.5, 0.6) is 0 Å². The zero-order chi connectivity index (χ0) is 8.32. The predicted octanol–water partition coefficient (Wildman–Crippen LogP) is 3.45. The van der Waals surface area contributed by atoms with Crippen molar-refractivity contribution in [1.29, 1.82) is 0 Å². The van der Waals surface area contributed by atoms with Crippen LogP contribution in [0, 0.1) is 0 Å². The molecule has 0 N–H and O–H groups in total. The molecule has 1 aliphatic carbocycles. The number of rotatable bonds is 1. The van der Waals surface area contributed by atoms with Gasteiger partial charge in [-0.25, -0.2) is 4.40 Å². The second-order valence-corrected chi connectivity index (χ2v) is 5.66. The Balaban J connectivity index is 2.34. The summed E-state index contributed by atoms with van der Waals surface area (Å²) in [6.45, 7) is 6.62. The van der Waals surface area contributed by atoms with Crippen molar-refractivity contribution in [3.8, 4) is 0 Å². The highest BCUT2D eigenvalue weighted by Crippen LogP contribution is 2.27. The zero-order valence-corrected chi connectivity index (χ0v) is 8.50. The van der Waals surface area contributed by atoms with Crippen LogP contribution in [0.1, 0.15) is 46.5 Å². The van der Waals surface area contributed by atoms with Crippen molar-refractivity contribution in [3.05, 3.63) is 0 Å². The Labute approximate surface area is 73.8 Å². The Morgan fingerprint density at radius 2 is 1.73 bits per heavy atom. The highest BCUT2D eigenvalue weighted by Gasteiger charge is 2.13. The quantitative estimate of drug-likeness (QED) is 0.550. The van der Waals surface area contributed by atoms with E-state index in [0.717, 1.165) is 0 Å². The number of hydrogen-bond donors (Lipinski definition) is 0. The van der Waals surface area contributed by atoms with Gasteiger partial charge in [0.1, 0.15) is 0 Å². The van der Waals surface area contributed by atoms with Crippen LogP contribution < -0.4 is 0 Å². The number of nitrogens with zero attached hydrogens (tertiary/aromatic N) is 1. The Morgan fingerprint density at radius 3 is 2.18 bits per heavy atom. The molecule has 1 nitrogen and oxygen atoms in total. The summed E-state index contributed by atoms with van der Waals surface area (Å²) >= 11 is 1.72. The van der Waals surface area contributed by atoms with Crippen molar-refractivity contribution in [3.63, 3.8) is 0 Å². The van der Waals surface area contributed by atoms with Crippen LogP contribution in [0.25, 0.3) is 0 Å². The van der Waals surface area contributed by atoms with E-state index in [4.69, 9.17) is 0 Å². The van der Waals surface area contributed by atoms with Crippen LogP contribution in [0.4, 0.5) is 0 Å². The van der Waals surface area contributed by atoms with E-state index in [2.05, 4.69) is 25.2 Å². The maximum Gasteiger partial charge on any atom is 0.0294 e. The van der Waals surface area contributed by atoms with Gasteiger partial charge in [-0.15, -0.1) is 0 Å². The van der Waals surface area contributed by atoms with Gasteiger partial charge in [0.15, 0.2) is 0 Å². The minimum Gasteiger partial charge on any atom is -0.225 e. The lowest BCUT2D eigenvalue weighted by molar-refractivity contribution is 0.804. The van der Waals surface area contributed by atoms with Crippen LogP contribution in [0.3, 0.4) is 0 Å². The van der Waals surface area contributed by atoms with Crippen molar-refractivity contribution in [1.82, 2.24) is 0 Å². The van der Waals surface area contributed by atoms with Crippen molar-refractivity contribution in [2.75, 3.05) is 0 Å².